The molecule has 0 saturated carbocycles. The number of benzene rings is 3. The van der Waals surface area contributed by atoms with E-state index in [9.17, 15) is 0 Å². The van der Waals surface area contributed by atoms with Gasteiger partial charge in [0.05, 0.1) is 17.6 Å². The molecule has 0 radical (unpaired) electrons. The zero-order chi connectivity index (χ0) is 20.1. The molecule has 0 aliphatic rings. The minimum atomic E-state index is 0.618. The number of ether oxygens (including phenoxy) is 1. The Morgan fingerprint density at radius 3 is 2.34 bits per heavy atom. The third kappa shape index (κ3) is 4.64. The monoisotopic (exact) mass is 422 g/mol. The fraction of sp³-hybridized carbons (Fsp3) is 0.125. The number of halogens is 2. The Morgan fingerprint density at radius 2 is 1.55 bits per heavy atom. The second-order valence-corrected chi connectivity index (χ2v) is 7.41. The molecular weight excluding hydrogens is 403 g/mol. The topological polar surface area (TPSA) is 27.1 Å². The quantitative estimate of drug-likeness (QED) is 0.300. The Hall–Kier alpha value is -2.75. The Labute approximate surface area is 180 Å². The van der Waals surface area contributed by atoms with Crippen molar-refractivity contribution in [2.75, 3.05) is 6.61 Å². The maximum atomic E-state index is 6.30. The average molecular weight is 423 g/mol. The standard InChI is InChI=1S/C24H20Cl2N2O/c25-20-10-6-11-21(26)19(20)14-15-24-27-22-12-4-5-13-23(22)28(24)16-7-17-29-18-8-2-1-3-9-18/h1-6,8-15H,7,16-17H2/b15-14+. The first-order valence-electron chi connectivity index (χ1n) is 9.47. The molecule has 0 fully saturated rings. The van der Waals surface area contributed by atoms with E-state index in [1.54, 1.807) is 0 Å². The first-order chi connectivity index (χ1) is 14.2. The van der Waals surface area contributed by atoms with E-state index in [1.165, 1.54) is 0 Å². The molecule has 3 nitrogen and oxygen atoms in total. The fourth-order valence-corrected chi connectivity index (χ4v) is 3.74. The lowest BCUT2D eigenvalue weighted by Gasteiger charge is -2.09. The highest BCUT2D eigenvalue weighted by Gasteiger charge is 2.09. The summed E-state index contributed by atoms with van der Waals surface area (Å²) in [6, 6.07) is 23.5. The lowest BCUT2D eigenvalue weighted by Crippen LogP contribution is -2.06. The first kappa shape index (κ1) is 19.6. The van der Waals surface area contributed by atoms with E-state index in [1.807, 2.05) is 78.9 Å². The van der Waals surface area contributed by atoms with Crippen LogP contribution in [0.25, 0.3) is 23.2 Å². The van der Waals surface area contributed by atoms with Crippen LogP contribution in [-0.2, 0) is 6.54 Å². The molecule has 3 aromatic carbocycles. The third-order valence-corrected chi connectivity index (χ3v) is 5.28. The number of aryl methyl sites for hydroxylation is 1. The highest BCUT2D eigenvalue weighted by molar-refractivity contribution is 6.37. The predicted molar refractivity (Wildman–Crippen MR) is 122 cm³/mol. The molecule has 4 aromatic rings. The van der Waals surface area contributed by atoms with E-state index in [-0.39, 0.29) is 0 Å². The molecule has 0 aliphatic carbocycles. The van der Waals surface area contributed by atoms with Gasteiger partial charge in [0.2, 0.25) is 0 Å². The molecule has 0 atom stereocenters. The van der Waals surface area contributed by atoms with E-state index in [0.29, 0.717) is 16.7 Å². The zero-order valence-electron chi connectivity index (χ0n) is 15.8. The SMILES string of the molecule is Clc1cccc(Cl)c1/C=C/c1nc2ccccc2n1CCCOc1ccccc1. The smallest absolute Gasteiger partial charge is 0.133 e. The molecule has 1 aromatic heterocycles. The number of para-hydroxylation sites is 3. The van der Waals surface area contributed by atoms with Crippen molar-refractivity contribution in [3.05, 3.63) is 94.2 Å². The summed E-state index contributed by atoms with van der Waals surface area (Å²) in [5.41, 5.74) is 2.85. The van der Waals surface area contributed by atoms with E-state index in [4.69, 9.17) is 32.9 Å². The van der Waals surface area contributed by atoms with Gasteiger partial charge in [-0.3, -0.25) is 0 Å². The van der Waals surface area contributed by atoms with Crippen LogP contribution >= 0.6 is 23.2 Å². The van der Waals surface area contributed by atoms with Crippen LogP contribution in [0.4, 0.5) is 0 Å². The van der Waals surface area contributed by atoms with Gasteiger partial charge in [-0.25, -0.2) is 4.98 Å². The first-order valence-corrected chi connectivity index (χ1v) is 10.2. The second kappa shape index (κ2) is 9.17. The van der Waals surface area contributed by atoms with Gasteiger partial charge in [-0.05, 0) is 55.0 Å². The van der Waals surface area contributed by atoms with Crippen molar-refractivity contribution in [3.63, 3.8) is 0 Å². The number of rotatable bonds is 7. The van der Waals surface area contributed by atoms with Gasteiger partial charge in [-0.2, -0.15) is 0 Å². The highest BCUT2D eigenvalue weighted by Crippen LogP contribution is 2.27. The molecule has 0 aliphatic heterocycles. The van der Waals surface area contributed by atoms with Gasteiger partial charge in [0, 0.05) is 22.2 Å². The van der Waals surface area contributed by atoms with Crippen LogP contribution < -0.4 is 4.74 Å². The summed E-state index contributed by atoms with van der Waals surface area (Å²) in [4.78, 5) is 4.77. The van der Waals surface area contributed by atoms with Gasteiger partial charge < -0.3 is 9.30 Å². The predicted octanol–water partition coefficient (Wildman–Crippen LogP) is 6.98. The van der Waals surface area contributed by atoms with E-state index >= 15 is 0 Å². The van der Waals surface area contributed by atoms with Crippen LogP contribution in [0.2, 0.25) is 10.0 Å². The van der Waals surface area contributed by atoms with Gasteiger partial charge in [0.1, 0.15) is 11.6 Å². The minimum absolute atomic E-state index is 0.618. The van der Waals surface area contributed by atoms with Crippen molar-refractivity contribution < 1.29 is 4.74 Å². The minimum Gasteiger partial charge on any atom is -0.494 e. The third-order valence-electron chi connectivity index (χ3n) is 4.62. The van der Waals surface area contributed by atoms with E-state index in [0.717, 1.165) is 41.1 Å². The number of nitrogens with zero attached hydrogens (tertiary/aromatic N) is 2. The summed E-state index contributed by atoms with van der Waals surface area (Å²) in [7, 11) is 0. The molecule has 0 spiro atoms. The van der Waals surface area contributed by atoms with Crippen LogP contribution in [0.5, 0.6) is 5.75 Å². The fourth-order valence-electron chi connectivity index (χ4n) is 3.21. The van der Waals surface area contributed by atoms with Gasteiger partial charge in [0.25, 0.3) is 0 Å². The maximum absolute atomic E-state index is 6.30. The summed E-state index contributed by atoms with van der Waals surface area (Å²) in [5, 5.41) is 1.24. The van der Waals surface area contributed by atoms with Crippen molar-refractivity contribution >= 4 is 46.4 Å². The second-order valence-electron chi connectivity index (χ2n) is 6.59. The van der Waals surface area contributed by atoms with Crippen LogP contribution in [-0.4, -0.2) is 16.2 Å². The van der Waals surface area contributed by atoms with Crippen LogP contribution in [0.15, 0.2) is 72.8 Å². The van der Waals surface area contributed by atoms with Crippen LogP contribution in [0.3, 0.4) is 0 Å². The number of hydrogen-bond donors (Lipinski definition) is 0. The lowest BCUT2D eigenvalue weighted by molar-refractivity contribution is 0.302. The molecule has 0 bridgehead atoms. The molecule has 0 N–H and O–H groups in total. The molecule has 146 valence electrons. The van der Waals surface area contributed by atoms with Crippen molar-refractivity contribution in [1.29, 1.82) is 0 Å². The molecule has 4 rings (SSSR count). The zero-order valence-corrected chi connectivity index (χ0v) is 17.3. The van der Waals surface area contributed by atoms with E-state index in [2.05, 4.69) is 10.6 Å². The highest BCUT2D eigenvalue weighted by atomic mass is 35.5. The normalized spacial score (nSPS) is 11.4. The van der Waals surface area contributed by atoms with Gasteiger partial charge >= 0.3 is 0 Å². The number of aromatic nitrogens is 2. The van der Waals surface area contributed by atoms with Gasteiger partial charge in [-0.15, -0.1) is 0 Å². The Kier molecular flexibility index (Phi) is 6.18. The van der Waals surface area contributed by atoms with Crippen LogP contribution in [0, 0.1) is 0 Å². The van der Waals surface area contributed by atoms with Crippen LogP contribution in [0.1, 0.15) is 17.8 Å². The Bertz CT molecular complexity index is 1120. The summed E-state index contributed by atoms with van der Waals surface area (Å²) in [6.07, 6.45) is 4.75. The summed E-state index contributed by atoms with van der Waals surface area (Å²) < 4.78 is 8.03. The van der Waals surface area contributed by atoms with E-state index < -0.39 is 0 Å². The summed E-state index contributed by atoms with van der Waals surface area (Å²) >= 11 is 12.6. The van der Waals surface area contributed by atoms with Crippen molar-refractivity contribution in [3.8, 4) is 5.75 Å². The summed E-state index contributed by atoms with van der Waals surface area (Å²) in [6.45, 7) is 1.43. The number of imidazole rings is 1. The molecule has 29 heavy (non-hydrogen) atoms. The number of hydrogen-bond acceptors (Lipinski definition) is 2. The molecule has 0 saturated heterocycles. The Morgan fingerprint density at radius 1 is 0.828 bits per heavy atom. The number of fused-ring (bicyclic) bond motifs is 1. The van der Waals surface area contributed by atoms with Crippen molar-refractivity contribution in [1.82, 2.24) is 9.55 Å². The molecular formula is C24H20Cl2N2O. The lowest BCUT2D eigenvalue weighted by atomic mass is 10.2. The van der Waals surface area contributed by atoms with Gasteiger partial charge in [0.15, 0.2) is 0 Å². The Balaban J connectivity index is 1.55. The average Bonchev–Trinajstić information content (AvgIpc) is 3.09. The van der Waals surface area contributed by atoms with Crippen molar-refractivity contribution in [2.24, 2.45) is 0 Å². The van der Waals surface area contributed by atoms with Gasteiger partial charge in [-0.1, -0.05) is 59.6 Å². The molecule has 0 amide bonds. The molecule has 1 heterocycles. The largest absolute Gasteiger partial charge is 0.494 e. The molecule has 0 unspecified atom stereocenters. The molecule has 5 heteroatoms. The maximum Gasteiger partial charge on any atom is 0.133 e. The van der Waals surface area contributed by atoms with Crippen molar-refractivity contribution in [2.45, 2.75) is 13.0 Å². The summed E-state index contributed by atoms with van der Waals surface area (Å²) in [5.74, 6) is 1.75.